The predicted octanol–water partition coefficient (Wildman–Crippen LogP) is 3.61. The van der Waals surface area contributed by atoms with Crippen LogP contribution in [0.25, 0.3) is 11.0 Å². The number of nitro benzene ring substituents is 1. The Morgan fingerprint density at radius 3 is 2.67 bits per heavy atom. The highest BCUT2D eigenvalue weighted by Gasteiger charge is 2.17. The minimum atomic E-state index is -0.717. The van der Waals surface area contributed by atoms with E-state index in [0.29, 0.717) is 11.0 Å². The number of anilines is 1. The number of nitrogens with one attached hydrogen (secondary N) is 1. The maximum atomic E-state index is 12.2. The van der Waals surface area contributed by atoms with Crippen LogP contribution in [0.2, 0.25) is 5.02 Å². The number of nitrogens with zero attached hydrogens (tertiary/aromatic N) is 1. The van der Waals surface area contributed by atoms with Gasteiger partial charge in [-0.1, -0.05) is 29.8 Å². The van der Waals surface area contributed by atoms with Gasteiger partial charge in [-0.15, -0.1) is 0 Å². The second kappa shape index (κ2) is 6.13. The van der Waals surface area contributed by atoms with Crippen LogP contribution in [0.5, 0.6) is 0 Å². The lowest BCUT2D eigenvalue weighted by molar-refractivity contribution is -0.384. The number of hydrogen-bond donors (Lipinski definition) is 1. The van der Waals surface area contributed by atoms with E-state index in [2.05, 4.69) is 5.32 Å². The summed E-state index contributed by atoms with van der Waals surface area (Å²) in [6.45, 7) is 0. The molecule has 7 nitrogen and oxygen atoms in total. The monoisotopic (exact) mass is 344 g/mol. The van der Waals surface area contributed by atoms with E-state index in [1.807, 2.05) is 0 Å². The Bertz CT molecular complexity index is 1030. The average Bonchev–Trinajstić information content (AvgIpc) is 2.55. The molecule has 0 spiro atoms. The zero-order chi connectivity index (χ0) is 17.3. The van der Waals surface area contributed by atoms with Gasteiger partial charge in [0.1, 0.15) is 16.3 Å². The Labute approximate surface area is 139 Å². The Balaban J connectivity index is 1.95. The van der Waals surface area contributed by atoms with Crippen LogP contribution in [0.4, 0.5) is 11.4 Å². The summed E-state index contributed by atoms with van der Waals surface area (Å²) in [6.07, 6.45) is 0. The third kappa shape index (κ3) is 2.97. The molecule has 0 atom stereocenters. The van der Waals surface area contributed by atoms with E-state index in [-0.39, 0.29) is 16.3 Å². The zero-order valence-corrected chi connectivity index (χ0v) is 12.7. The number of para-hydroxylation sites is 1. The third-order valence-electron chi connectivity index (χ3n) is 3.29. The summed E-state index contributed by atoms with van der Waals surface area (Å²) in [6, 6.07) is 11.9. The largest absolute Gasteiger partial charge is 0.421 e. The molecule has 0 saturated heterocycles. The Morgan fingerprint density at radius 2 is 1.92 bits per heavy atom. The molecule has 1 amide bonds. The van der Waals surface area contributed by atoms with Crippen molar-refractivity contribution in [1.29, 1.82) is 0 Å². The van der Waals surface area contributed by atoms with Crippen molar-refractivity contribution in [2.45, 2.75) is 0 Å². The highest BCUT2D eigenvalue weighted by atomic mass is 35.5. The molecule has 0 radical (unpaired) electrons. The van der Waals surface area contributed by atoms with Crippen molar-refractivity contribution in [3.05, 3.63) is 79.7 Å². The molecule has 3 aromatic rings. The summed E-state index contributed by atoms with van der Waals surface area (Å²) in [5, 5.41) is 13.8. The number of amides is 1. The number of halogens is 1. The van der Waals surface area contributed by atoms with Crippen LogP contribution in [-0.2, 0) is 0 Å². The molecule has 24 heavy (non-hydrogen) atoms. The summed E-state index contributed by atoms with van der Waals surface area (Å²) in [5.74, 6) is -0.683. The second-order valence-electron chi connectivity index (χ2n) is 4.86. The molecule has 0 fully saturated rings. The first kappa shape index (κ1) is 15.7. The molecule has 2 aromatic carbocycles. The Hall–Kier alpha value is -3.19. The number of carbonyl (C=O) groups is 1. The van der Waals surface area contributed by atoms with Crippen molar-refractivity contribution < 1.29 is 14.1 Å². The Morgan fingerprint density at radius 1 is 1.17 bits per heavy atom. The minimum Gasteiger partial charge on any atom is -0.421 e. The van der Waals surface area contributed by atoms with Gasteiger partial charge in [-0.05, 0) is 24.3 Å². The van der Waals surface area contributed by atoms with Gasteiger partial charge in [-0.2, -0.15) is 0 Å². The molecule has 0 aliphatic rings. The van der Waals surface area contributed by atoms with Crippen molar-refractivity contribution in [3.63, 3.8) is 0 Å². The van der Waals surface area contributed by atoms with Crippen LogP contribution in [-0.4, -0.2) is 10.8 Å². The van der Waals surface area contributed by atoms with Crippen LogP contribution >= 0.6 is 11.6 Å². The highest BCUT2D eigenvalue weighted by molar-refractivity contribution is 6.32. The molecular weight excluding hydrogens is 336 g/mol. The summed E-state index contributed by atoms with van der Waals surface area (Å²) >= 11 is 5.71. The van der Waals surface area contributed by atoms with E-state index in [1.165, 1.54) is 18.2 Å². The third-order valence-corrected chi connectivity index (χ3v) is 3.61. The van der Waals surface area contributed by atoms with Crippen LogP contribution in [0.1, 0.15) is 10.4 Å². The van der Waals surface area contributed by atoms with Gasteiger partial charge in [0.05, 0.1) is 4.92 Å². The molecule has 0 saturated carbocycles. The lowest BCUT2D eigenvalue weighted by atomic mass is 10.2. The fourth-order valence-corrected chi connectivity index (χ4v) is 2.32. The molecule has 0 aliphatic heterocycles. The average molecular weight is 345 g/mol. The number of fused-ring (bicyclic) bond motifs is 1. The second-order valence-corrected chi connectivity index (χ2v) is 5.27. The van der Waals surface area contributed by atoms with E-state index in [4.69, 9.17) is 16.0 Å². The standard InChI is InChI=1S/C16H9ClN2O5/c17-11-6-5-10(8-13(11)19(22)23)15(20)18-12-7-9-3-1-2-4-14(9)24-16(12)21/h1-8H,(H,18,20). The topological polar surface area (TPSA) is 102 Å². The van der Waals surface area contributed by atoms with Gasteiger partial charge < -0.3 is 9.73 Å². The lowest BCUT2D eigenvalue weighted by Crippen LogP contribution is -2.18. The fraction of sp³-hybridized carbons (Fsp3) is 0. The maximum Gasteiger partial charge on any atom is 0.360 e. The van der Waals surface area contributed by atoms with Crippen molar-refractivity contribution in [2.24, 2.45) is 0 Å². The van der Waals surface area contributed by atoms with Gasteiger partial charge >= 0.3 is 5.63 Å². The fourth-order valence-electron chi connectivity index (χ4n) is 2.14. The van der Waals surface area contributed by atoms with Crippen molar-refractivity contribution in [3.8, 4) is 0 Å². The molecule has 0 unspecified atom stereocenters. The first-order valence-electron chi connectivity index (χ1n) is 6.74. The van der Waals surface area contributed by atoms with E-state index in [0.717, 1.165) is 6.07 Å². The number of benzene rings is 2. The van der Waals surface area contributed by atoms with Crippen LogP contribution in [0, 0.1) is 10.1 Å². The molecule has 3 rings (SSSR count). The van der Waals surface area contributed by atoms with Gasteiger partial charge in [-0.25, -0.2) is 4.79 Å². The van der Waals surface area contributed by atoms with Gasteiger partial charge in [-0.3, -0.25) is 14.9 Å². The molecular formula is C16H9ClN2O5. The van der Waals surface area contributed by atoms with Crippen molar-refractivity contribution in [1.82, 2.24) is 0 Å². The van der Waals surface area contributed by atoms with Gasteiger partial charge in [0.2, 0.25) is 0 Å². The molecule has 1 heterocycles. The predicted molar refractivity (Wildman–Crippen MR) is 88.5 cm³/mol. The maximum absolute atomic E-state index is 12.2. The molecule has 1 N–H and O–H groups in total. The summed E-state index contributed by atoms with van der Waals surface area (Å²) < 4.78 is 5.11. The number of nitro groups is 1. The molecule has 120 valence electrons. The Kier molecular flexibility index (Phi) is 4.01. The lowest BCUT2D eigenvalue weighted by Gasteiger charge is -2.05. The quantitative estimate of drug-likeness (QED) is 0.444. The summed E-state index contributed by atoms with van der Waals surface area (Å²) in [7, 11) is 0. The summed E-state index contributed by atoms with van der Waals surface area (Å²) in [4.78, 5) is 34.3. The van der Waals surface area contributed by atoms with E-state index in [9.17, 15) is 19.7 Å². The highest BCUT2D eigenvalue weighted by Crippen LogP contribution is 2.25. The number of rotatable bonds is 3. The minimum absolute atomic E-state index is 0.00124. The SMILES string of the molecule is O=C(Nc1cc2ccccc2oc1=O)c1ccc(Cl)c([N+](=O)[O-])c1. The normalized spacial score (nSPS) is 10.5. The zero-order valence-electron chi connectivity index (χ0n) is 12.0. The molecule has 0 bridgehead atoms. The number of carbonyl (C=O) groups excluding carboxylic acids is 1. The van der Waals surface area contributed by atoms with E-state index in [1.54, 1.807) is 24.3 Å². The first-order valence-corrected chi connectivity index (χ1v) is 7.11. The van der Waals surface area contributed by atoms with Gasteiger partial charge in [0.15, 0.2) is 0 Å². The number of hydrogen-bond acceptors (Lipinski definition) is 5. The first-order chi connectivity index (χ1) is 11.5. The molecule has 0 aliphatic carbocycles. The molecule has 1 aromatic heterocycles. The smallest absolute Gasteiger partial charge is 0.360 e. The van der Waals surface area contributed by atoms with Gasteiger partial charge in [0.25, 0.3) is 11.6 Å². The van der Waals surface area contributed by atoms with Crippen LogP contribution in [0.15, 0.2) is 57.7 Å². The summed E-state index contributed by atoms with van der Waals surface area (Å²) in [5.41, 5.74) is -0.780. The van der Waals surface area contributed by atoms with Gasteiger partial charge in [0, 0.05) is 17.0 Å². The van der Waals surface area contributed by atoms with E-state index >= 15 is 0 Å². The van der Waals surface area contributed by atoms with Crippen LogP contribution < -0.4 is 10.9 Å². The van der Waals surface area contributed by atoms with Crippen molar-refractivity contribution in [2.75, 3.05) is 5.32 Å². The van der Waals surface area contributed by atoms with E-state index < -0.39 is 22.1 Å². The van der Waals surface area contributed by atoms with Crippen molar-refractivity contribution >= 4 is 39.9 Å². The van der Waals surface area contributed by atoms with Crippen LogP contribution in [0.3, 0.4) is 0 Å². The molecule has 8 heteroatoms.